The third-order valence-electron chi connectivity index (χ3n) is 6.07. The molecule has 24 heavy (non-hydrogen) atoms. The van der Waals surface area contributed by atoms with Gasteiger partial charge in [0.15, 0.2) is 0 Å². The van der Waals surface area contributed by atoms with Crippen molar-refractivity contribution >= 4 is 5.97 Å². The van der Waals surface area contributed by atoms with Crippen molar-refractivity contribution in [1.29, 1.82) is 0 Å². The molecule has 1 saturated carbocycles. The molecule has 2 aliphatic carbocycles. The summed E-state index contributed by atoms with van der Waals surface area (Å²) < 4.78 is 14.0. The summed E-state index contributed by atoms with van der Waals surface area (Å²) in [4.78, 5) is 11.5. The van der Waals surface area contributed by atoms with Gasteiger partial charge in [-0.05, 0) is 47.9 Å². The van der Waals surface area contributed by atoms with Crippen molar-refractivity contribution in [2.24, 2.45) is 5.41 Å². The second-order valence-electron chi connectivity index (χ2n) is 7.32. The Hall–Kier alpha value is -2.48. The van der Waals surface area contributed by atoms with E-state index in [1.165, 1.54) is 12.1 Å². The second-order valence-corrected chi connectivity index (χ2v) is 7.32. The first-order valence-electron chi connectivity index (χ1n) is 8.05. The lowest BCUT2D eigenvalue weighted by Gasteiger charge is -2.36. The van der Waals surface area contributed by atoms with Gasteiger partial charge in [-0.15, -0.1) is 5.10 Å². The lowest BCUT2D eigenvalue weighted by Crippen LogP contribution is -2.37. The van der Waals surface area contributed by atoms with Gasteiger partial charge in [0.25, 0.3) is 0 Å². The third-order valence-corrected chi connectivity index (χ3v) is 6.07. The minimum atomic E-state index is -0.820. The van der Waals surface area contributed by atoms with Gasteiger partial charge >= 0.3 is 5.97 Å². The highest BCUT2D eigenvalue weighted by Crippen LogP contribution is 2.68. The fourth-order valence-electron chi connectivity index (χ4n) is 4.76. The fraction of sp³-hybridized carbons (Fsp3) is 0.421. The largest absolute Gasteiger partial charge is 0.481 e. The molecular formula is C19H17FN2O2. The number of carbonyl (C=O) groups is 1. The lowest BCUT2D eigenvalue weighted by molar-refractivity contribution is -0.139. The summed E-state index contributed by atoms with van der Waals surface area (Å²) >= 11 is 0. The highest BCUT2D eigenvalue weighted by atomic mass is 19.1. The number of hydrogen-bond donors (Lipinski definition) is 1. The molecule has 0 spiro atoms. The topological polar surface area (TPSA) is 63.1 Å². The van der Waals surface area contributed by atoms with Gasteiger partial charge in [-0.25, -0.2) is 4.39 Å². The van der Waals surface area contributed by atoms with Gasteiger partial charge in [-0.2, -0.15) is 5.10 Å². The molecule has 1 heterocycles. The van der Waals surface area contributed by atoms with Gasteiger partial charge in [0.2, 0.25) is 0 Å². The van der Waals surface area contributed by atoms with Crippen LogP contribution in [0.2, 0.25) is 0 Å². The van der Waals surface area contributed by atoms with E-state index in [4.69, 9.17) is 0 Å². The predicted octanol–water partition coefficient (Wildman–Crippen LogP) is 3.51. The van der Waals surface area contributed by atoms with E-state index in [0.717, 1.165) is 24.1 Å². The normalized spacial score (nSPS) is 26.0. The van der Waals surface area contributed by atoms with Gasteiger partial charge in [0, 0.05) is 5.41 Å². The number of aromatic nitrogens is 2. The first kappa shape index (κ1) is 15.1. The van der Waals surface area contributed by atoms with Crippen LogP contribution in [0.4, 0.5) is 4.39 Å². The standard InChI is InChI=1S/C19H17FN2O2/c1-18(2)13-7-8-19(18,10-16(23)24)17-12(13)9-15(21-22-17)11-5-3-4-6-14(11)20/h4,6,9,13H,7-8,10H2,1-2H3,(H,23,24)/t13-,19-/m1/s1. The third kappa shape index (κ3) is 1.77. The summed E-state index contributed by atoms with van der Waals surface area (Å²) in [6.45, 7) is 4.22. The first-order chi connectivity index (χ1) is 11.4. The summed E-state index contributed by atoms with van der Waals surface area (Å²) in [7, 11) is 0. The highest BCUT2D eigenvalue weighted by Gasteiger charge is 2.63. The molecule has 0 amide bonds. The van der Waals surface area contributed by atoms with Gasteiger partial charge in [0.05, 0.1) is 17.7 Å². The van der Waals surface area contributed by atoms with Crippen molar-refractivity contribution in [3.8, 4) is 11.3 Å². The summed E-state index contributed by atoms with van der Waals surface area (Å²) in [5.74, 6) is -1.01. The SMILES string of the molecule is CC1(C)[C@@H]2CC[C@@]1(CC(=O)O)c1nnc(-c3c#cccc3F)cc12. The molecule has 0 aliphatic heterocycles. The van der Waals surface area contributed by atoms with E-state index in [2.05, 4.69) is 36.2 Å². The van der Waals surface area contributed by atoms with Gasteiger partial charge in [0.1, 0.15) is 11.5 Å². The molecule has 2 aromatic rings. The fourth-order valence-corrected chi connectivity index (χ4v) is 4.76. The molecule has 1 N–H and O–H groups in total. The maximum Gasteiger partial charge on any atom is 0.304 e. The predicted molar refractivity (Wildman–Crippen MR) is 84.8 cm³/mol. The average Bonchev–Trinajstić information content (AvgIpc) is 2.88. The number of nitrogens with zero attached hydrogens (tertiary/aromatic N) is 2. The van der Waals surface area contributed by atoms with Crippen LogP contribution in [-0.4, -0.2) is 21.3 Å². The summed E-state index contributed by atoms with van der Waals surface area (Å²) in [5, 5.41) is 18.0. The molecule has 0 radical (unpaired) electrons. The summed E-state index contributed by atoms with van der Waals surface area (Å²) in [5.41, 5.74) is 1.77. The van der Waals surface area contributed by atoms with Crippen molar-refractivity contribution in [3.63, 3.8) is 0 Å². The molecule has 4 rings (SSSR count). The Morgan fingerprint density at radius 1 is 1.46 bits per heavy atom. The molecule has 1 aromatic heterocycles. The molecule has 0 unspecified atom stereocenters. The van der Waals surface area contributed by atoms with E-state index in [0.29, 0.717) is 5.69 Å². The Morgan fingerprint density at radius 3 is 2.96 bits per heavy atom. The Labute approximate surface area is 139 Å². The van der Waals surface area contributed by atoms with Gasteiger partial charge in [-0.1, -0.05) is 26.0 Å². The van der Waals surface area contributed by atoms with Crippen LogP contribution in [0.15, 0.2) is 18.2 Å². The van der Waals surface area contributed by atoms with Crippen LogP contribution in [-0.2, 0) is 10.2 Å². The van der Waals surface area contributed by atoms with E-state index in [1.807, 2.05) is 6.07 Å². The van der Waals surface area contributed by atoms with E-state index in [1.54, 1.807) is 0 Å². The molecule has 0 saturated heterocycles. The first-order valence-corrected chi connectivity index (χ1v) is 8.05. The number of aliphatic carboxylic acids is 1. The molecular weight excluding hydrogens is 307 g/mol. The van der Waals surface area contributed by atoms with Crippen LogP contribution < -0.4 is 0 Å². The number of halogens is 1. The number of fused-ring (bicyclic) bond motifs is 5. The van der Waals surface area contributed by atoms with Crippen LogP contribution in [0.5, 0.6) is 0 Å². The maximum atomic E-state index is 14.0. The molecule has 1 fully saturated rings. The molecule has 2 bridgehead atoms. The second kappa shape index (κ2) is 4.76. The molecule has 122 valence electrons. The average molecular weight is 324 g/mol. The quantitative estimate of drug-likeness (QED) is 0.938. The van der Waals surface area contributed by atoms with E-state index in [-0.39, 0.29) is 23.3 Å². The van der Waals surface area contributed by atoms with E-state index >= 15 is 0 Å². The number of rotatable bonds is 3. The molecule has 1 aromatic carbocycles. The Morgan fingerprint density at radius 2 is 2.25 bits per heavy atom. The van der Waals surface area contributed by atoms with Crippen molar-refractivity contribution in [2.45, 2.75) is 44.4 Å². The van der Waals surface area contributed by atoms with Crippen LogP contribution in [0.1, 0.15) is 50.3 Å². The minimum Gasteiger partial charge on any atom is -0.481 e. The number of carboxylic acids is 1. The van der Waals surface area contributed by atoms with E-state index < -0.39 is 17.2 Å². The zero-order valence-corrected chi connectivity index (χ0v) is 13.6. The van der Waals surface area contributed by atoms with Crippen LogP contribution >= 0.6 is 0 Å². The molecule has 2 atom stereocenters. The van der Waals surface area contributed by atoms with Crippen LogP contribution in [0.25, 0.3) is 11.3 Å². The summed E-state index contributed by atoms with van der Waals surface area (Å²) in [6, 6.07) is 10.1. The zero-order chi connectivity index (χ0) is 17.1. The van der Waals surface area contributed by atoms with Crippen LogP contribution in [0, 0.1) is 23.4 Å². The van der Waals surface area contributed by atoms with Crippen molar-refractivity contribution in [1.82, 2.24) is 10.2 Å². The highest BCUT2D eigenvalue weighted by molar-refractivity contribution is 5.71. The number of hydrogen-bond acceptors (Lipinski definition) is 3. The maximum absolute atomic E-state index is 14.0. The van der Waals surface area contributed by atoms with Crippen molar-refractivity contribution in [3.05, 3.63) is 47.4 Å². The minimum absolute atomic E-state index is 0.0527. The molecule has 2 aliphatic rings. The van der Waals surface area contributed by atoms with E-state index in [9.17, 15) is 14.3 Å². The Bertz CT molecular complexity index is 849. The number of carboxylic acid groups (broad SMARTS) is 1. The lowest BCUT2D eigenvalue weighted by atomic mass is 9.66. The summed E-state index contributed by atoms with van der Waals surface area (Å²) in [6.07, 6.45) is 1.78. The van der Waals surface area contributed by atoms with Crippen molar-refractivity contribution < 1.29 is 14.3 Å². The zero-order valence-electron chi connectivity index (χ0n) is 13.6. The molecule has 5 heteroatoms. The van der Waals surface area contributed by atoms with Crippen LogP contribution in [0.3, 0.4) is 0 Å². The van der Waals surface area contributed by atoms with Gasteiger partial charge in [-0.3, -0.25) is 4.79 Å². The Balaban J connectivity index is 1.88. The Kier molecular flexibility index (Phi) is 2.99. The van der Waals surface area contributed by atoms with Crippen molar-refractivity contribution in [2.75, 3.05) is 0 Å². The molecule has 4 nitrogen and oxygen atoms in total. The smallest absolute Gasteiger partial charge is 0.304 e. The van der Waals surface area contributed by atoms with Gasteiger partial charge < -0.3 is 5.11 Å². The monoisotopic (exact) mass is 324 g/mol.